The Hall–Kier alpha value is -1.17. The molecule has 0 spiro atoms. The van der Waals surface area contributed by atoms with Crippen molar-refractivity contribution in [2.45, 2.75) is 52.0 Å². The van der Waals surface area contributed by atoms with Gasteiger partial charge in [0.25, 0.3) is 0 Å². The molecule has 2 atom stereocenters. The smallest absolute Gasteiger partial charge is 0.328 e. The second kappa shape index (κ2) is 8.19. The number of carbonyl (C=O) groups is 2. The van der Waals surface area contributed by atoms with Crippen LogP contribution in [0.3, 0.4) is 0 Å². The minimum Gasteiger partial charge on any atom is -0.464 e. The van der Waals surface area contributed by atoms with Crippen LogP contribution in [0.4, 0.5) is 0 Å². The number of ether oxygens (including phenoxy) is 1. The number of carbonyl (C=O) groups excluding carboxylic acids is 2. The summed E-state index contributed by atoms with van der Waals surface area (Å²) in [5.41, 5.74) is 5.68. The third-order valence-corrected chi connectivity index (χ3v) is 3.85. The molecule has 1 amide bonds. The van der Waals surface area contributed by atoms with Gasteiger partial charge in [-0.25, -0.2) is 4.79 Å². The van der Waals surface area contributed by atoms with Gasteiger partial charge in [-0.15, -0.1) is 0 Å². The zero-order valence-electron chi connectivity index (χ0n) is 12.3. The molecule has 114 valence electrons. The largest absolute Gasteiger partial charge is 0.464 e. The van der Waals surface area contributed by atoms with Crippen LogP contribution < -0.4 is 5.73 Å². The molecule has 2 unspecified atom stereocenters. The molecule has 0 bridgehead atoms. The van der Waals surface area contributed by atoms with Gasteiger partial charge >= 0.3 is 5.97 Å². The first-order valence-electron chi connectivity index (χ1n) is 7.29. The number of nitrogens with two attached hydrogens (primary N) is 1. The van der Waals surface area contributed by atoms with Crippen molar-refractivity contribution >= 4 is 29.1 Å². The third-order valence-electron chi connectivity index (χ3n) is 3.56. The van der Waals surface area contributed by atoms with E-state index in [4.69, 9.17) is 22.7 Å². The molecule has 0 aromatic carbocycles. The quantitative estimate of drug-likeness (QED) is 0.596. The number of piperidine rings is 1. The zero-order valence-corrected chi connectivity index (χ0v) is 13.1. The van der Waals surface area contributed by atoms with Crippen LogP contribution in [0, 0.1) is 5.92 Å². The van der Waals surface area contributed by atoms with Gasteiger partial charge in [0, 0.05) is 6.54 Å². The Labute approximate surface area is 125 Å². The monoisotopic (exact) mass is 300 g/mol. The van der Waals surface area contributed by atoms with Crippen LogP contribution in [0.25, 0.3) is 0 Å². The molecule has 1 heterocycles. The van der Waals surface area contributed by atoms with E-state index in [1.54, 1.807) is 11.8 Å². The highest BCUT2D eigenvalue weighted by Crippen LogP contribution is 2.22. The molecular formula is C14H24N2O3S. The first-order chi connectivity index (χ1) is 9.52. The summed E-state index contributed by atoms with van der Waals surface area (Å²) < 4.78 is 5.07. The molecule has 2 N–H and O–H groups in total. The van der Waals surface area contributed by atoms with Crippen molar-refractivity contribution < 1.29 is 14.3 Å². The normalized spacial score (nSPS) is 20.3. The maximum Gasteiger partial charge on any atom is 0.328 e. The Morgan fingerprint density at radius 3 is 2.65 bits per heavy atom. The summed E-state index contributed by atoms with van der Waals surface area (Å²) in [4.78, 5) is 26.4. The number of nitrogens with zero attached hydrogens (tertiary/aromatic N) is 1. The predicted molar refractivity (Wildman–Crippen MR) is 81.2 cm³/mol. The highest BCUT2D eigenvalue weighted by atomic mass is 32.1. The summed E-state index contributed by atoms with van der Waals surface area (Å²) in [5.74, 6) is -0.916. The summed E-state index contributed by atoms with van der Waals surface area (Å²) >= 11 is 5.00. The van der Waals surface area contributed by atoms with Crippen LogP contribution >= 0.6 is 12.2 Å². The topological polar surface area (TPSA) is 72.6 Å². The fourth-order valence-corrected chi connectivity index (χ4v) is 2.77. The molecule has 1 aliphatic heterocycles. The van der Waals surface area contributed by atoms with Gasteiger partial charge in [0.05, 0.1) is 17.5 Å². The lowest BCUT2D eigenvalue weighted by Gasteiger charge is -2.36. The molecule has 6 heteroatoms. The predicted octanol–water partition coefficient (Wildman–Crippen LogP) is 1.63. The van der Waals surface area contributed by atoms with E-state index in [0.29, 0.717) is 26.0 Å². The molecule has 1 saturated heterocycles. The number of thiocarbonyl (C=S) groups is 1. The van der Waals surface area contributed by atoms with Crippen molar-refractivity contribution in [3.63, 3.8) is 0 Å². The number of likely N-dealkylation sites (tertiary alicyclic amines) is 1. The number of hydrogen-bond donors (Lipinski definition) is 1. The summed E-state index contributed by atoms with van der Waals surface area (Å²) in [6, 6.07) is -0.482. The fraction of sp³-hybridized carbons (Fsp3) is 0.786. The van der Waals surface area contributed by atoms with E-state index in [0.717, 1.165) is 19.3 Å². The van der Waals surface area contributed by atoms with E-state index in [-0.39, 0.29) is 16.9 Å². The molecule has 20 heavy (non-hydrogen) atoms. The molecule has 0 radical (unpaired) electrons. The average molecular weight is 300 g/mol. The van der Waals surface area contributed by atoms with E-state index in [1.807, 2.05) is 6.92 Å². The second-order valence-corrected chi connectivity index (χ2v) is 5.51. The number of rotatable bonds is 6. The Kier molecular flexibility index (Phi) is 6.91. The van der Waals surface area contributed by atoms with E-state index in [1.165, 1.54) is 0 Å². The zero-order chi connectivity index (χ0) is 15.1. The summed E-state index contributed by atoms with van der Waals surface area (Å²) in [7, 11) is 0. The lowest BCUT2D eigenvalue weighted by atomic mass is 9.96. The van der Waals surface area contributed by atoms with Gasteiger partial charge in [0.2, 0.25) is 5.91 Å². The van der Waals surface area contributed by atoms with E-state index in [2.05, 4.69) is 0 Å². The highest BCUT2D eigenvalue weighted by Gasteiger charge is 2.36. The molecule has 1 aliphatic rings. The first kappa shape index (κ1) is 16.9. The van der Waals surface area contributed by atoms with Gasteiger partial charge in [-0.05, 0) is 32.6 Å². The van der Waals surface area contributed by atoms with Crippen LogP contribution in [-0.2, 0) is 14.3 Å². The van der Waals surface area contributed by atoms with Gasteiger partial charge in [-0.3, -0.25) is 4.79 Å². The van der Waals surface area contributed by atoms with Crippen LogP contribution in [0.5, 0.6) is 0 Å². The van der Waals surface area contributed by atoms with Crippen LogP contribution in [0.1, 0.15) is 46.0 Å². The minimum atomic E-state index is -0.482. The summed E-state index contributed by atoms with van der Waals surface area (Å²) in [6.07, 6.45) is 3.93. The Morgan fingerprint density at radius 2 is 2.10 bits per heavy atom. The Morgan fingerprint density at radius 1 is 1.40 bits per heavy atom. The van der Waals surface area contributed by atoms with Crippen LogP contribution in [0.2, 0.25) is 0 Å². The van der Waals surface area contributed by atoms with Gasteiger partial charge in [-0.2, -0.15) is 0 Å². The van der Waals surface area contributed by atoms with E-state index < -0.39 is 12.0 Å². The molecule has 0 saturated carbocycles. The SMILES string of the molecule is CCCC(C(=O)N1CCCCC1C(=O)OCC)C(N)=S. The Balaban J connectivity index is 2.85. The third kappa shape index (κ3) is 4.16. The maximum atomic E-state index is 12.6. The summed E-state index contributed by atoms with van der Waals surface area (Å²) in [6.45, 7) is 4.65. The first-order valence-corrected chi connectivity index (χ1v) is 7.70. The molecular weight excluding hydrogens is 276 g/mol. The van der Waals surface area contributed by atoms with Crippen molar-refractivity contribution in [1.82, 2.24) is 4.90 Å². The molecule has 0 aliphatic carbocycles. The lowest BCUT2D eigenvalue weighted by molar-refractivity contribution is -0.157. The molecule has 1 fully saturated rings. The van der Waals surface area contributed by atoms with Crippen LogP contribution in [-0.4, -0.2) is 41.0 Å². The molecule has 0 aromatic heterocycles. The van der Waals surface area contributed by atoms with Crippen molar-refractivity contribution in [1.29, 1.82) is 0 Å². The highest BCUT2D eigenvalue weighted by molar-refractivity contribution is 7.80. The maximum absolute atomic E-state index is 12.6. The molecule has 0 aromatic rings. The van der Waals surface area contributed by atoms with E-state index >= 15 is 0 Å². The van der Waals surface area contributed by atoms with Crippen molar-refractivity contribution in [3.8, 4) is 0 Å². The van der Waals surface area contributed by atoms with E-state index in [9.17, 15) is 9.59 Å². The fourth-order valence-electron chi connectivity index (χ4n) is 2.56. The minimum absolute atomic E-state index is 0.128. The number of hydrogen-bond acceptors (Lipinski definition) is 4. The van der Waals surface area contributed by atoms with Gasteiger partial charge in [0.1, 0.15) is 6.04 Å². The average Bonchev–Trinajstić information content (AvgIpc) is 2.44. The second-order valence-electron chi connectivity index (χ2n) is 5.04. The van der Waals surface area contributed by atoms with Crippen LogP contribution in [0.15, 0.2) is 0 Å². The van der Waals surface area contributed by atoms with Gasteiger partial charge < -0.3 is 15.4 Å². The molecule has 1 rings (SSSR count). The lowest BCUT2D eigenvalue weighted by Crippen LogP contribution is -2.52. The van der Waals surface area contributed by atoms with Gasteiger partial charge in [0.15, 0.2) is 0 Å². The number of amides is 1. The van der Waals surface area contributed by atoms with Crippen molar-refractivity contribution in [3.05, 3.63) is 0 Å². The van der Waals surface area contributed by atoms with Gasteiger partial charge in [-0.1, -0.05) is 25.6 Å². The van der Waals surface area contributed by atoms with Crippen molar-refractivity contribution in [2.75, 3.05) is 13.2 Å². The summed E-state index contributed by atoms with van der Waals surface area (Å²) in [5, 5.41) is 0. The molecule has 5 nitrogen and oxygen atoms in total. The van der Waals surface area contributed by atoms with Crippen molar-refractivity contribution in [2.24, 2.45) is 11.7 Å². The Bertz CT molecular complexity index is 373. The standard InChI is InChI=1S/C14H24N2O3S/c1-3-7-10(12(15)20)13(17)16-9-6-5-8-11(16)14(18)19-4-2/h10-11H,3-9H2,1-2H3,(H2,15,20). The number of esters is 1.